The first-order chi connectivity index (χ1) is 12.9. The SMILES string of the molecule is CC(=O)C1CCn2nc3c(c2C1=O)CN(C(=O)c1ccc(Cl)c(Cl)c1)CC3. The Balaban J connectivity index is 1.64. The zero-order valence-electron chi connectivity index (χ0n) is 14.7. The Hall–Kier alpha value is -2.18. The molecule has 0 fully saturated rings. The summed E-state index contributed by atoms with van der Waals surface area (Å²) >= 11 is 12.0. The maximum atomic E-state index is 12.9. The Labute approximate surface area is 166 Å². The first-order valence-electron chi connectivity index (χ1n) is 8.74. The minimum atomic E-state index is -0.612. The van der Waals surface area contributed by atoms with Crippen LogP contribution in [0.25, 0.3) is 0 Å². The van der Waals surface area contributed by atoms with Gasteiger partial charge in [0.1, 0.15) is 11.5 Å². The molecule has 140 valence electrons. The number of halogens is 2. The topological polar surface area (TPSA) is 72.3 Å². The molecule has 2 aliphatic rings. The second-order valence-electron chi connectivity index (χ2n) is 6.92. The molecule has 0 spiro atoms. The lowest BCUT2D eigenvalue weighted by Crippen LogP contribution is -2.37. The lowest BCUT2D eigenvalue weighted by atomic mass is 9.88. The van der Waals surface area contributed by atoms with Crippen molar-refractivity contribution in [3.8, 4) is 0 Å². The summed E-state index contributed by atoms with van der Waals surface area (Å²) in [6.45, 7) is 2.78. The van der Waals surface area contributed by atoms with Crippen molar-refractivity contribution in [2.45, 2.75) is 32.9 Å². The van der Waals surface area contributed by atoms with E-state index in [2.05, 4.69) is 5.10 Å². The summed E-state index contributed by atoms with van der Waals surface area (Å²) in [5.74, 6) is -1.10. The van der Waals surface area contributed by atoms with Crippen molar-refractivity contribution in [3.63, 3.8) is 0 Å². The number of hydrogen-bond donors (Lipinski definition) is 0. The molecule has 1 aromatic carbocycles. The van der Waals surface area contributed by atoms with Gasteiger partial charge in [-0.1, -0.05) is 23.2 Å². The largest absolute Gasteiger partial charge is 0.334 e. The first kappa shape index (κ1) is 18.2. The third-order valence-electron chi connectivity index (χ3n) is 5.23. The average Bonchev–Trinajstić information content (AvgIpc) is 3.01. The minimum Gasteiger partial charge on any atom is -0.334 e. The highest BCUT2D eigenvalue weighted by Gasteiger charge is 2.37. The number of fused-ring (bicyclic) bond motifs is 3. The van der Waals surface area contributed by atoms with Crippen LogP contribution in [0, 0.1) is 5.92 Å². The van der Waals surface area contributed by atoms with E-state index in [0.29, 0.717) is 53.8 Å². The number of aromatic nitrogens is 2. The Bertz CT molecular complexity index is 983. The number of Topliss-reactive ketones (excluding diaryl/α,β-unsaturated/α-hetero) is 2. The van der Waals surface area contributed by atoms with Gasteiger partial charge in [-0.15, -0.1) is 0 Å². The molecule has 1 unspecified atom stereocenters. The van der Waals surface area contributed by atoms with Crippen LogP contribution in [-0.4, -0.2) is 38.7 Å². The predicted octanol–water partition coefficient (Wildman–Crippen LogP) is 3.18. The van der Waals surface area contributed by atoms with Gasteiger partial charge in [-0.3, -0.25) is 19.1 Å². The van der Waals surface area contributed by atoms with Gasteiger partial charge in [-0.25, -0.2) is 0 Å². The van der Waals surface area contributed by atoms with Gasteiger partial charge in [0.05, 0.1) is 28.2 Å². The third-order valence-corrected chi connectivity index (χ3v) is 5.96. The molecular weight excluding hydrogens is 389 g/mol. The van der Waals surface area contributed by atoms with Crippen molar-refractivity contribution in [2.75, 3.05) is 6.54 Å². The van der Waals surface area contributed by atoms with Gasteiger partial charge in [-0.05, 0) is 31.5 Å². The summed E-state index contributed by atoms with van der Waals surface area (Å²) in [6.07, 6.45) is 1.05. The van der Waals surface area contributed by atoms with Crippen LogP contribution in [0.15, 0.2) is 18.2 Å². The fraction of sp³-hybridized carbons (Fsp3) is 0.368. The molecule has 2 aromatic rings. The van der Waals surface area contributed by atoms with Crippen molar-refractivity contribution < 1.29 is 14.4 Å². The van der Waals surface area contributed by atoms with E-state index in [0.717, 1.165) is 11.3 Å². The lowest BCUT2D eigenvalue weighted by molar-refractivity contribution is -0.119. The molecule has 27 heavy (non-hydrogen) atoms. The van der Waals surface area contributed by atoms with E-state index in [9.17, 15) is 14.4 Å². The molecule has 0 radical (unpaired) electrons. The molecule has 1 atom stereocenters. The second-order valence-corrected chi connectivity index (χ2v) is 7.73. The Morgan fingerprint density at radius 1 is 1.19 bits per heavy atom. The maximum absolute atomic E-state index is 12.9. The molecule has 2 aliphatic heterocycles. The molecule has 3 heterocycles. The minimum absolute atomic E-state index is 0.124. The Morgan fingerprint density at radius 2 is 1.96 bits per heavy atom. The highest BCUT2D eigenvalue weighted by Crippen LogP contribution is 2.30. The fourth-order valence-electron chi connectivity index (χ4n) is 3.78. The molecule has 1 aromatic heterocycles. The normalized spacial score (nSPS) is 18.9. The van der Waals surface area contributed by atoms with Crippen molar-refractivity contribution in [1.29, 1.82) is 0 Å². The molecule has 4 rings (SSSR count). The highest BCUT2D eigenvalue weighted by molar-refractivity contribution is 6.42. The number of ketones is 2. The van der Waals surface area contributed by atoms with Crippen molar-refractivity contribution in [1.82, 2.24) is 14.7 Å². The lowest BCUT2D eigenvalue weighted by Gasteiger charge is -2.28. The zero-order chi connectivity index (χ0) is 19.3. The van der Waals surface area contributed by atoms with Crippen molar-refractivity contribution in [3.05, 3.63) is 50.8 Å². The Morgan fingerprint density at radius 3 is 2.67 bits per heavy atom. The standard InChI is InChI=1S/C19H17Cl2N3O3/c1-10(25)12-4-7-24-17(18(12)26)13-9-23(6-5-16(13)22-24)19(27)11-2-3-14(20)15(21)8-11/h2-3,8,12H,4-7,9H2,1H3. The van der Waals surface area contributed by atoms with Crippen molar-refractivity contribution >= 4 is 40.7 Å². The smallest absolute Gasteiger partial charge is 0.254 e. The van der Waals surface area contributed by atoms with Gasteiger partial charge >= 0.3 is 0 Å². The van der Waals surface area contributed by atoms with Gasteiger partial charge in [0.25, 0.3) is 5.91 Å². The van der Waals surface area contributed by atoms with E-state index in [1.54, 1.807) is 27.8 Å². The fourth-order valence-corrected chi connectivity index (χ4v) is 4.08. The summed E-state index contributed by atoms with van der Waals surface area (Å²) in [6, 6.07) is 4.78. The molecular formula is C19H17Cl2N3O3. The molecule has 0 N–H and O–H groups in total. The number of benzene rings is 1. The molecule has 0 aliphatic carbocycles. The van der Waals surface area contributed by atoms with E-state index in [4.69, 9.17) is 23.2 Å². The number of carbonyl (C=O) groups excluding carboxylic acids is 3. The number of carbonyl (C=O) groups is 3. The van der Waals surface area contributed by atoms with Gasteiger partial charge in [0.2, 0.25) is 0 Å². The molecule has 0 saturated heterocycles. The molecule has 1 amide bonds. The van der Waals surface area contributed by atoms with Crippen LogP contribution in [0.2, 0.25) is 10.0 Å². The van der Waals surface area contributed by atoms with E-state index in [1.165, 1.54) is 6.92 Å². The average molecular weight is 406 g/mol. The first-order valence-corrected chi connectivity index (χ1v) is 9.50. The molecule has 0 bridgehead atoms. The maximum Gasteiger partial charge on any atom is 0.254 e. The highest BCUT2D eigenvalue weighted by atomic mass is 35.5. The monoisotopic (exact) mass is 405 g/mol. The summed E-state index contributed by atoms with van der Waals surface area (Å²) in [7, 11) is 0. The van der Waals surface area contributed by atoms with Crippen LogP contribution in [0.1, 0.15) is 45.4 Å². The summed E-state index contributed by atoms with van der Waals surface area (Å²) in [5, 5.41) is 5.25. The van der Waals surface area contributed by atoms with E-state index in [-0.39, 0.29) is 17.5 Å². The number of aryl methyl sites for hydroxylation is 1. The van der Waals surface area contributed by atoms with Crippen molar-refractivity contribution in [2.24, 2.45) is 5.92 Å². The molecule has 6 nitrogen and oxygen atoms in total. The van der Waals surface area contributed by atoms with E-state index >= 15 is 0 Å². The quantitative estimate of drug-likeness (QED) is 0.719. The van der Waals surface area contributed by atoms with Gasteiger partial charge < -0.3 is 4.90 Å². The van der Waals surface area contributed by atoms with Crippen LogP contribution in [0.4, 0.5) is 0 Å². The Kier molecular flexibility index (Phi) is 4.56. The number of hydrogen-bond acceptors (Lipinski definition) is 4. The summed E-state index contributed by atoms with van der Waals surface area (Å²) in [4.78, 5) is 39.1. The number of amides is 1. The molecule has 8 heteroatoms. The van der Waals surface area contributed by atoms with E-state index in [1.807, 2.05) is 0 Å². The second kappa shape index (κ2) is 6.77. The molecule has 0 saturated carbocycles. The van der Waals surface area contributed by atoms with Gasteiger partial charge in [0.15, 0.2) is 5.78 Å². The van der Waals surface area contributed by atoms with E-state index < -0.39 is 5.92 Å². The van der Waals surface area contributed by atoms with Crippen LogP contribution < -0.4 is 0 Å². The van der Waals surface area contributed by atoms with Crippen LogP contribution >= 0.6 is 23.2 Å². The predicted molar refractivity (Wildman–Crippen MR) is 100 cm³/mol. The third kappa shape index (κ3) is 3.07. The van der Waals surface area contributed by atoms with Crippen LogP contribution in [0.3, 0.4) is 0 Å². The zero-order valence-corrected chi connectivity index (χ0v) is 16.2. The van der Waals surface area contributed by atoms with Gasteiger partial charge in [0, 0.05) is 30.6 Å². The summed E-state index contributed by atoms with van der Waals surface area (Å²) in [5.41, 5.74) is 2.51. The van der Waals surface area contributed by atoms with Crippen LogP contribution in [0.5, 0.6) is 0 Å². The number of rotatable bonds is 2. The number of nitrogens with zero attached hydrogens (tertiary/aromatic N) is 3. The van der Waals surface area contributed by atoms with Gasteiger partial charge in [-0.2, -0.15) is 5.10 Å². The summed E-state index contributed by atoms with van der Waals surface area (Å²) < 4.78 is 1.69. The van der Waals surface area contributed by atoms with Crippen LogP contribution in [-0.2, 0) is 24.3 Å².